The monoisotopic (exact) mass is 187 g/mol. The zero-order chi connectivity index (χ0) is 9.68. The van der Waals surface area contributed by atoms with Gasteiger partial charge >= 0.3 is 5.97 Å². The largest absolute Gasteiger partial charge is 0.480 e. The number of hydrogen-bond acceptors (Lipinski definition) is 3. The Balaban J connectivity index is 2.16. The van der Waals surface area contributed by atoms with Gasteiger partial charge in [-0.05, 0) is 25.8 Å². The number of ether oxygens (including phenoxy) is 1. The van der Waals surface area contributed by atoms with E-state index >= 15 is 0 Å². The van der Waals surface area contributed by atoms with Crippen LogP contribution < -0.4 is 0 Å². The van der Waals surface area contributed by atoms with Crippen molar-refractivity contribution in [1.82, 2.24) is 4.90 Å². The predicted octanol–water partition coefficient (Wildman–Crippen LogP) is 0.429. The van der Waals surface area contributed by atoms with Crippen LogP contribution in [-0.2, 0) is 9.53 Å². The molecule has 1 aliphatic heterocycles. The van der Waals surface area contributed by atoms with Gasteiger partial charge in [0.2, 0.25) is 0 Å². The molecule has 4 nitrogen and oxygen atoms in total. The topological polar surface area (TPSA) is 49.8 Å². The molecular formula is C9H17NO3. The van der Waals surface area contributed by atoms with Gasteiger partial charge in [-0.1, -0.05) is 0 Å². The smallest absolute Gasteiger partial charge is 0.317 e. The van der Waals surface area contributed by atoms with Crippen LogP contribution in [0.3, 0.4) is 0 Å². The summed E-state index contributed by atoms with van der Waals surface area (Å²) < 4.78 is 5.30. The molecule has 0 aromatic carbocycles. The number of aliphatic carboxylic acids is 1. The number of rotatable bonds is 5. The molecule has 0 aliphatic carbocycles. The zero-order valence-corrected chi connectivity index (χ0v) is 8.03. The van der Waals surface area contributed by atoms with Crippen LogP contribution in [-0.4, -0.2) is 48.8 Å². The molecule has 13 heavy (non-hydrogen) atoms. The Morgan fingerprint density at radius 3 is 3.08 bits per heavy atom. The molecule has 0 spiro atoms. The van der Waals surface area contributed by atoms with Gasteiger partial charge in [-0.2, -0.15) is 0 Å². The summed E-state index contributed by atoms with van der Waals surface area (Å²) in [7, 11) is 0. The van der Waals surface area contributed by atoms with Crippen molar-refractivity contribution < 1.29 is 14.6 Å². The van der Waals surface area contributed by atoms with E-state index in [-0.39, 0.29) is 6.54 Å². The van der Waals surface area contributed by atoms with Gasteiger partial charge < -0.3 is 9.84 Å². The van der Waals surface area contributed by atoms with Gasteiger partial charge in [-0.15, -0.1) is 0 Å². The van der Waals surface area contributed by atoms with Gasteiger partial charge in [0, 0.05) is 13.2 Å². The highest BCUT2D eigenvalue weighted by molar-refractivity contribution is 5.69. The van der Waals surface area contributed by atoms with E-state index < -0.39 is 5.97 Å². The number of nitrogens with zero attached hydrogens (tertiary/aromatic N) is 1. The molecule has 0 aromatic rings. The fourth-order valence-corrected chi connectivity index (χ4v) is 1.67. The van der Waals surface area contributed by atoms with E-state index in [1.807, 2.05) is 11.8 Å². The van der Waals surface area contributed by atoms with Gasteiger partial charge in [0.15, 0.2) is 0 Å². The van der Waals surface area contributed by atoms with Crippen LogP contribution >= 0.6 is 0 Å². The van der Waals surface area contributed by atoms with Gasteiger partial charge in [-0.3, -0.25) is 9.69 Å². The van der Waals surface area contributed by atoms with Gasteiger partial charge in [-0.25, -0.2) is 0 Å². The number of carbonyl (C=O) groups is 1. The molecule has 1 aliphatic rings. The molecule has 76 valence electrons. The van der Waals surface area contributed by atoms with E-state index in [1.165, 1.54) is 0 Å². The summed E-state index contributed by atoms with van der Waals surface area (Å²) in [6.45, 7) is 5.42. The van der Waals surface area contributed by atoms with E-state index in [9.17, 15) is 4.79 Å². The first kappa shape index (κ1) is 10.5. The summed E-state index contributed by atoms with van der Waals surface area (Å²) in [4.78, 5) is 12.4. The fourth-order valence-electron chi connectivity index (χ4n) is 1.67. The van der Waals surface area contributed by atoms with Crippen molar-refractivity contribution in [3.05, 3.63) is 0 Å². The Bertz CT molecular complexity index is 172. The van der Waals surface area contributed by atoms with Crippen molar-refractivity contribution in [2.75, 3.05) is 32.8 Å². The molecule has 1 atom stereocenters. The lowest BCUT2D eigenvalue weighted by Gasteiger charge is -2.12. The lowest BCUT2D eigenvalue weighted by atomic mass is 10.1. The van der Waals surface area contributed by atoms with Crippen LogP contribution in [0.4, 0.5) is 0 Å². The summed E-state index contributed by atoms with van der Waals surface area (Å²) in [5, 5.41) is 8.56. The molecule has 1 rings (SSSR count). The highest BCUT2D eigenvalue weighted by Crippen LogP contribution is 2.15. The van der Waals surface area contributed by atoms with Crippen LogP contribution in [0.5, 0.6) is 0 Å². The van der Waals surface area contributed by atoms with E-state index in [0.29, 0.717) is 5.92 Å². The lowest BCUT2D eigenvalue weighted by molar-refractivity contribution is -0.138. The molecular weight excluding hydrogens is 170 g/mol. The van der Waals surface area contributed by atoms with Gasteiger partial charge in [0.1, 0.15) is 0 Å². The Morgan fingerprint density at radius 2 is 2.46 bits per heavy atom. The summed E-state index contributed by atoms with van der Waals surface area (Å²) in [6, 6.07) is 0. The summed E-state index contributed by atoms with van der Waals surface area (Å²) >= 11 is 0. The first-order chi connectivity index (χ1) is 6.22. The minimum absolute atomic E-state index is 0.169. The molecule has 0 unspecified atom stereocenters. The maximum atomic E-state index is 10.4. The van der Waals surface area contributed by atoms with Crippen molar-refractivity contribution in [3.63, 3.8) is 0 Å². The molecule has 0 saturated carbocycles. The van der Waals surface area contributed by atoms with E-state index in [4.69, 9.17) is 9.84 Å². The SMILES string of the molecule is CCOC[C@H]1CCN(CC(=O)O)C1. The normalized spacial score (nSPS) is 23.6. The maximum Gasteiger partial charge on any atom is 0.317 e. The fraction of sp³-hybridized carbons (Fsp3) is 0.889. The van der Waals surface area contributed by atoms with Crippen molar-refractivity contribution in [1.29, 1.82) is 0 Å². The molecule has 4 heteroatoms. The average molecular weight is 187 g/mol. The maximum absolute atomic E-state index is 10.4. The van der Waals surface area contributed by atoms with Crippen LogP contribution in [0.15, 0.2) is 0 Å². The summed E-state index contributed by atoms with van der Waals surface area (Å²) in [6.07, 6.45) is 1.06. The second-order valence-corrected chi connectivity index (χ2v) is 3.44. The molecule has 0 aromatic heterocycles. The van der Waals surface area contributed by atoms with E-state index in [2.05, 4.69) is 0 Å². The van der Waals surface area contributed by atoms with E-state index in [1.54, 1.807) is 0 Å². The average Bonchev–Trinajstić information content (AvgIpc) is 2.48. The van der Waals surface area contributed by atoms with Crippen LogP contribution in [0, 0.1) is 5.92 Å². The third-order valence-electron chi connectivity index (χ3n) is 2.29. The molecule has 0 amide bonds. The second kappa shape index (κ2) is 5.19. The standard InChI is InChI=1S/C9H17NO3/c1-2-13-7-8-3-4-10(5-8)6-9(11)12/h8H,2-7H2,1H3,(H,11,12)/t8-/m0/s1. The predicted molar refractivity (Wildman–Crippen MR) is 48.7 cm³/mol. The first-order valence-electron chi connectivity index (χ1n) is 4.74. The zero-order valence-electron chi connectivity index (χ0n) is 8.03. The highest BCUT2D eigenvalue weighted by Gasteiger charge is 2.23. The number of carboxylic acid groups (broad SMARTS) is 1. The first-order valence-corrected chi connectivity index (χ1v) is 4.74. The Labute approximate surface area is 78.5 Å². The molecule has 1 N–H and O–H groups in total. The van der Waals surface area contributed by atoms with Gasteiger partial charge in [0.05, 0.1) is 13.2 Å². The summed E-state index contributed by atoms with van der Waals surface area (Å²) in [5.74, 6) is -0.212. The minimum Gasteiger partial charge on any atom is -0.480 e. The molecule has 1 fully saturated rings. The van der Waals surface area contributed by atoms with Crippen LogP contribution in [0.25, 0.3) is 0 Å². The molecule has 0 bridgehead atoms. The van der Waals surface area contributed by atoms with Crippen LogP contribution in [0.2, 0.25) is 0 Å². The van der Waals surface area contributed by atoms with Crippen molar-refractivity contribution in [2.45, 2.75) is 13.3 Å². The van der Waals surface area contributed by atoms with Crippen LogP contribution in [0.1, 0.15) is 13.3 Å². The third-order valence-corrected chi connectivity index (χ3v) is 2.29. The number of carboxylic acids is 1. The van der Waals surface area contributed by atoms with E-state index in [0.717, 1.165) is 32.7 Å². The van der Waals surface area contributed by atoms with Crippen molar-refractivity contribution >= 4 is 5.97 Å². The quantitative estimate of drug-likeness (QED) is 0.678. The van der Waals surface area contributed by atoms with Gasteiger partial charge in [0.25, 0.3) is 0 Å². The van der Waals surface area contributed by atoms with Crippen molar-refractivity contribution in [3.8, 4) is 0 Å². The Kier molecular flexibility index (Phi) is 4.18. The van der Waals surface area contributed by atoms with Crippen molar-refractivity contribution in [2.24, 2.45) is 5.92 Å². The highest BCUT2D eigenvalue weighted by atomic mass is 16.5. The Morgan fingerprint density at radius 1 is 1.69 bits per heavy atom. The lowest BCUT2D eigenvalue weighted by Crippen LogP contribution is -2.28. The summed E-state index contributed by atoms with van der Waals surface area (Å²) in [5.41, 5.74) is 0. The number of likely N-dealkylation sites (tertiary alicyclic amines) is 1. The third kappa shape index (κ3) is 3.74. The Hall–Kier alpha value is -0.610. The molecule has 0 radical (unpaired) electrons. The second-order valence-electron chi connectivity index (χ2n) is 3.44. The molecule has 1 saturated heterocycles. The minimum atomic E-state index is -0.739. The number of hydrogen-bond donors (Lipinski definition) is 1. The molecule has 1 heterocycles.